The van der Waals surface area contributed by atoms with Gasteiger partial charge < -0.3 is 15.1 Å². The fraction of sp³-hybridized carbons (Fsp3) is 0.400. The van der Waals surface area contributed by atoms with E-state index in [2.05, 4.69) is 15.5 Å². The summed E-state index contributed by atoms with van der Waals surface area (Å²) in [5.41, 5.74) is 0.110. The SMILES string of the molecule is CC(=O)c1cnncc1NC(=O)N1C[C@@H]2CN(c3ccccc3C(F)(F)F)C[C@@H]2C1. The molecule has 2 aliphatic rings. The molecular formula is C20H20F3N5O2. The van der Waals surface area contributed by atoms with Crippen LogP contribution in [0.2, 0.25) is 0 Å². The molecule has 0 aliphatic carbocycles. The molecule has 1 N–H and O–H groups in total. The van der Waals surface area contributed by atoms with Gasteiger partial charge in [-0.25, -0.2) is 4.79 Å². The Morgan fingerprint density at radius 2 is 1.67 bits per heavy atom. The van der Waals surface area contributed by atoms with Gasteiger partial charge in [0.15, 0.2) is 5.78 Å². The number of fused-ring (bicyclic) bond motifs is 1. The molecule has 1 aromatic heterocycles. The van der Waals surface area contributed by atoms with Gasteiger partial charge in [0.1, 0.15) is 0 Å². The van der Waals surface area contributed by atoms with Crippen molar-refractivity contribution < 1.29 is 22.8 Å². The summed E-state index contributed by atoms with van der Waals surface area (Å²) in [6.45, 7) is 3.17. The molecule has 2 fully saturated rings. The topological polar surface area (TPSA) is 78.4 Å². The Kier molecular flexibility index (Phi) is 5.08. The Balaban J connectivity index is 1.42. The van der Waals surface area contributed by atoms with Crippen LogP contribution in [-0.4, -0.2) is 53.1 Å². The van der Waals surface area contributed by atoms with E-state index < -0.39 is 11.7 Å². The number of nitrogens with zero attached hydrogens (tertiary/aromatic N) is 4. The molecule has 1 aromatic carbocycles. The number of benzene rings is 1. The van der Waals surface area contributed by atoms with Crippen molar-refractivity contribution in [2.75, 3.05) is 36.4 Å². The maximum atomic E-state index is 13.3. The third-order valence-electron chi connectivity index (χ3n) is 5.68. The van der Waals surface area contributed by atoms with Crippen molar-refractivity contribution in [3.05, 3.63) is 47.8 Å². The van der Waals surface area contributed by atoms with E-state index >= 15 is 0 Å². The van der Waals surface area contributed by atoms with Crippen molar-refractivity contribution in [1.29, 1.82) is 0 Å². The van der Waals surface area contributed by atoms with Crippen LogP contribution in [0.4, 0.5) is 29.3 Å². The quantitative estimate of drug-likeness (QED) is 0.773. The first-order valence-electron chi connectivity index (χ1n) is 9.52. The van der Waals surface area contributed by atoms with Crippen molar-refractivity contribution >= 4 is 23.2 Å². The summed E-state index contributed by atoms with van der Waals surface area (Å²) in [6, 6.07) is 5.22. The number of hydrogen-bond acceptors (Lipinski definition) is 5. The van der Waals surface area contributed by atoms with E-state index in [9.17, 15) is 22.8 Å². The lowest BCUT2D eigenvalue weighted by atomic mass is 10.0. The van der Waals surface area contributed by atoms with Crippen LogP contribution in [0.1, 0.15) is 22.8 Å². The van der Waals surface area contributed by atoms with Crippen LogP contribution in [0.25, 0.3) is 0 Å². The summed E-state index contributed by atoms with van der Waals surface area (Å²) in [7, 11) is 0. The number of para-hydroxylation sites is 1. The Morgan fingerprint density at radius 3 is 2.30 bits per heavy atom. The number of anilines is 2. The van der Waals surface area contributed by atoms with Crippen LogP contribution in [0.3, 0.4) is 0 Å². The average Bonchev–Trinajstić information content (AvgIpc) is 3.27. The van der Waals surface area contributed by atoms with Gasteiger partial charge in [0.05, 0.1) is 29.2 Å². The molecule has 2 atom stereocenters. The van der Waals surface area contributed by atoms with Crippen LogP contribution in [0.15, 0.2) is 36.7 Å². The standard InChI is InChI=1S/C20H20F3N5O2/c1-12(29)15-6-24-25-7-17(15)26-19(30)28-10-13-8-27(9-14(13)11-28)18-5-3-2-4-16(18)20(21,22)23/h2-7,13-14H,8-11H2,1H3,(H,24,26,30)/t13-,14+. The van der Waals surface area contributed by atoms with E-state index in [0.29, 0.717) is 31.9 Å². The Labute approximate surface area is 170 Å². The minimum Gasteiger partial charge on any atom is -0.370 e. The fourth-order valence-electron chi connectivity index (χ4n) is 4.24. The first kappa shape index (κ1) is 20.1. The van der Waals surface area contributed by atoms with Gasteiger partial charge in [-0.1, -0.05) is 12.1 Å². The zero-order valence-corrected chi connectivity index (χ0v) is 16.2. The van der Waals surface area contributed by atoms with Crippen LogP contribution >= 0.6 is 0 Å². The van der Waals surface area contributed by atoms with Gasteiger partial charge >= 0.3 is 12.2 Å². The first-order valence-corrected chi connectivity index (χ1v) is 9.52. The Bertz CT molecular complexity index is 967. The molecule has 2 amide bonds. The number of likely N-dealkylation sites (tertiary alicyclic amines) is 1. The highest BCUT2D eigenvalue weighted by Crippen LogP contribution is 2.40. The maximum Gasteiger partial charge on any atom is 0.418 e. The number of amides is 2. The van der Waals surface area contributed by atoms with Crippen LogP contribution < -0.4 is 10.2 Å². The minimum absolute atomic E-state index is 0.0832. The predicted octanol–water partition coefficient (Wildman–Crippen LogP) is 3.30. The monoisotopic (exact) mass is 419 g/mol. The number of rotatable bonds is 3. The number of nitrogens with one attached hydrogen (secondary N) is 1. The number of aromatic nitrogens is 2. The van der Waals surface area contributed by atoms with E-state index in [-0.39, 0.29) is 34.9 Å². The number of halogens is 3. The second kappa shape index (κ2) is 7.58. The second-order valence-corrected chi connectivity index (χ2v) is 7.65. The number of ketones is 1. The van der Waals surface area contributed by atoms with Gasteiger partial charge in [-0.3, -0.25) is 4.79 Å². The second-order valence-electron chi connectivity index (χ2n) is 7.65. The largest absolute Gasteiger partial charge is 0.418 e. The van der Waals surface area contributed by atoms with E-state index in [4.69, 9.17) is 0 Å². The lowest BCUT2D eigenvalue weighted by molar-refractivity contribution is -0.137. The molecule has 30 heavy (non-hydrogen) atoms. The molecule has 158 valence electrons. The van der Waals surface area contributed by atoms with E-state index in [1.165, 1.54) is 31.5 Å². The van der Waals surface area contributed by atoms with Crippen LogP contribution in [0.5, 0.6) is 0 Å². The summed E-state index contributed by atoms with van der Waals surface area (Å²) in [4.78, 5) is 27.7. The molecule has 2 aliphatic heterocycles. The molecule has 0 saturated carbocycles. The smallest absolute Gasteiger partial charge is 0.370 e. The van der Waals surface area contributed by atoms with Gasteiger partial charge in [-0.15, -0.1) is 0 Å². The zero-order chi connectivity index (χ0) is 21.5. The molecular weight excluding hydrogens is 399 g/mol. The van der Waals surface area contributed by atoms with Crippen molar-refractivity contribution in [2.45, 2.75) is 13.1 Å². The van der Waals surface area contributed by atoms with Gasteiger partial charge in [-0.2, -0.15) is 23.4 Å². The van der Waals surface area contributed by atoms with Crippen molar-refractivity contribution in [3.8, 4) is 0 Å². The van der Waals surface area contributed by atoms with Gasteiger partial charge in [0, 0.05) is 43.7 Å². The Morgan fingerprint density at radius 1 is 1.03 bits per heavy atom. The van der Waals surface area contributed by atoms with Gasteiger partial charge in [0.2, 0.25) is 0 Å². The third kappa shape index (κ3) is 3.81. The molecule has 2 saturated heterocycles. The molecule has 3 heterocycles. The summed E-state index contributed by atoms with van der Waals surface area (Å²) >= 11 is 0. The Hall–Kier alpha value is -3.17. The van der Waals surface area contributed by atoms with E-state index in [0.717, 1.165) is 6.07 Å². The van der Waals surface area contributed by atoms with Crippen LogP contribution in [-0.2, 0) is 6.18 Å². The number of Topliss-reactive ketones (excluding diaryl/α,β-unsaturated/α-hetero) is 1. The van der Waals surface area contributed by atoms with Crippen molar-refractivity contribution in [2.24, 2.45) is 11.8 Å². The first-order chi connectivity index (χ1) is 14.2. The molecule has 0 bridgehead atoms. The van der Waals surface area contributed by atoms with Crippen molar-refractivity contribution in [3.63, 3.8) is 0 Å². The fourth-order valence-corrected chi connectivity index (χ4v) is 4.24. The normalized spacial score (nSPS) is 20.9. The van der Waals surface area contributed by atoms with Gasteiger partial charge in [0.25, 0.3) is 0 Å². The van der Waals surface area contributed by atoms with E-state index in [1.54, 1.807) is 15.9 Å². The summed E-state index contributed by atoms with van der Waals surface area (Å²) in [6.07, 6.45) is -1.79. The highest BCUT2D eigenvalue weighted by Gasteiger charge is 2.44. The lowest BCUT2D eigenvalue weighted by Gasteiger charge is -2.26. The summed E-state index contributed by atoms with van der Waals surface area (Å²) in [5, 5.41) is 10.1. The number of carbonyl (C=O) groups is 2. The number of hydrogen-bond donors (Lipinski definition) is 1. The van der Waals surface area contributed by atoms with Crippen LogP contribution in [0, 0.1) is 11.8 Å². The summed E-state index contributed by atoms with van der Waals surface area (Å²) < 4.78 is 40.0. The van der Waals surface area contributed by atoms with Gasteiger partial charge in [-0.05, 0) is 19.1 Å². The predicted molar refractivity (Wildman–Crippen MR) is 103 cm³/mol. The molecule has 10 heteroatoms. The lowest BCUT2D eigenvalue weighted by Crippen LogP contribution is -2.36. The average molecular weight is 419 g/mol. The summed E-state index contributed by atoms with van der Waals surface area (Å²) in [5.74, 6) is -0.0720. The number of carbonyl (C=O) groups excluding carboxylic acids is 2. The zero-order valence-electron chi connectivity index (χ0n) is 16.2. The molecule has 2 aromatic rings. The highest BCUT2D eigenvalue weighted by molar-refractivity contribution is 6.02. The molecule has 4 rings (SSSR count). The third-order valence-corrected chi connectivity index (χ3v) is 5.68. The molecule has 7 nitrogen and oxygen atoms in total. The molecule has 0 spiro atoms. The van der Waals surface area contributed by atoms with E-state index in [1.807, 2.05) is 0 Å². The number of alkyl halides is 3. The minimum atomic E-state index is -4.41. The highest BCUT2D eigenvalue weighted by atomic mass is 19.4. The molecule has 0 unspecified atom stereocenters. The van der Waals surface area contributed by atoms with Crippen molar-refractivity contribution in [1.82, 2.24) is 15.1 Å². The maximum absolute atomic E-state index is 13.3. The number of urea groups is 1. The molecule has 0 radical (unpaired) electrons.